The number of hydroxylamine groups is 2. The van der Waals surface area contributed by atoms with Crippen molar-refractivity contribution in [2.75, 3.05) is 14.2 Å². The number of hydrogen-bond acceptors (Lipinski definition) is 2. The van der Waals surface area contributed by atoms with Gasteiger partial charge in [0, 0.05) is 13.0 Å². The standard InChI is InChI=1S/C13H25NO2/c1-14(16-2)13(15)12-10-8-6-4-3-5-7-9-11-12/h12H,3-11H2,1-2H3. The Balaban J connectivity index is 2.43. The van der Waals surface area contributed by atoms with Crippen molar-refractivity contribution in [3.05, 3.63) is 0 Å². The first kappa shape index (κ1) is 13.5. The van der Waals surface area contributed by atoms with E-state index < -0.39 is 0 Å². The second-order valence-corrected chi connectivity index (χ2v) is 4.77. The molecule has 0 aromatic heterocycles. The van der Waals surface area contributed by atoms with E-state index in [1.54, 1.807) is 14.2 Å². The zero-order chi connectivity index (χ0) is 11.8. The summed E-state index contributed by atoms with van der Waals surface area (Å²) < 4.78 is 0. The molecule has 1 amide bonds. The summed E-state index contributed by atoms with van der Waals surface area (Å²) in [6.45, 7) is 0. The van der Waals surface area contributed by atoms with Crippen LogP contribution in [0.25, 0.3) is 0 Å². The normalized spacial score (nSPS) is 20.4. The van der Waals surface area contributed by atoms with Crippen LogP contribution in [0.5, 0.6) is 0 Å². The van der Waals surface area contributed by atoms with Crippen LogP contribution < -0.4 is 0 Å². The average Bonchev–Trinajstić information content (AvgIpc) is 2.34. The molecule has 1 rings (SSSR count). The largest absolute Gasteiger partial charge is 0.275 e. The van der Waals surface area contributed by atoms with E-state index in [-0.39, 0.29) is 11.8 Å². The first-order valence-electron chi connectivity index (χ1n) is 6.57. The molecule has 0 heterocycles. The zero-order valence-electron chi connectivity index (χ0n) is 10.7. The first-order chi connectivity index (χ1) is 7.75. The van der Waals surface area contributed by atoms with E-state index in [2.05, 4.69) is 0 Å². The van der Waals surface area contributed by atoms with Crippen molar-refractivity contribution in [3.8, 4) is 0 Å². The van der Waals surface area contributed by atoms with E-state index in [4.69, 9.17) is 4.84 Å². The number of amides is 1. The van der Waals surface area contributed by atoms with Crippen molar-refractivity contribution < 1.29 is 9.63 Å². The van der Waals surface area contributed by atoms with Gasteiger partial charge in [-0.1, -0.05) is 44.9 Å². The van der Waals surface area contributed by atoms with Crippen molar-refractivity contribution >= 4 is 5.91 Å². The van der Waals surface area contributed by atoms with Crippen molar-refractivity contribution in [1.82, 2.24) is 5.06 Å². The van der Waals surface area contributed by atoms with Gasteiger partial charge in [-0.15, -0.1) is 0 Å². The van der Waals surface area contributed by atoms with Gasteiger partial charge in [-0.05, 0) is 12.8 Å². The van der Waals surface area contributed by atoms with Crippen molar-refractivity contribution in [2.24, 2.45) is 5.92 Å². The molecule has 1 fully saturated rings. The monoisotopic (exact) mass is 227 g/mol. The van der Waals surface area contributed by atoms with E-state index in [1.807, 2.05) is 0 Å². The molecule has 0 saturated heterocycles. The molecular weight excluding hydrogens is 202 g/mol. The molecule has 0 atom stereocenters. The molecule has 0 unspecified atom stereocenters. The SMILES string of the molecule is CON(C)C(=O)C1CCCCCCCCC1. The summed E-state index contributed by atoms with van der Waals surface area (Å²) in [6.07, 6.45) is 11.0. The maximum absolute atomic E-state index is 12.0. The van der Waals surface area contributed by atoms with Crippen LogP contribution in [0.1, 0.15) is 57.8 Å². The van der Waals surface area contributed by atoms with E-state index in [0.717, 1.165) is 12.8 Å². The molecule has 0 aromatic carbocycles. The van der Waals surface area contributed by atoms with Gasteiger partial charge >= 0.3 is 0 Å². The summed E-state index contributed by atoms with van der Waals surface area (Å²) in [4.78, 5) is 17.0. The Morgan fingerprint density at radius 1 is 1.00 bits per heavy atom. The lowest BCUT2D eigenvalue weighted by molar-refractivity contribution is -0.174. The lowest BCUT2D eigenvalue weighted by Crippen LogP contribution is -2.32. The molecule has 0 aromatic rings. The van der Waals surface area contributed by atoms with Crippen molar-refractivity contribution in [3.63, 3.8) is 0 Å². The van der Waals surface area contributed by atoms with Crippen LogP contribution >= 0.6 is 0 Å². The summed E-state index contributed by atoms with van der Waals surface area (Å²) in [5, 5.41) is 1.39. The lowest BCUT2D eigenvalue weighted by Gasteiger charge is -2.22. The first-order valence-corrected chi connectivity index (χ1v) is 6.57. The molecule has 0 bridgehead atoms. The highest BCUT2D eigenvalue weighted by molar-refractivity contribution is 5.77. The minimum absolute atomic E-state index is 0.156. The van der Waals surface area contributed by atoms with Crippen molar-refractivity contribution in [2.45, 2.75) is 57.8 Å². The maximum atomic E-state index is 12.0. The fourth-order valence-electron chi connectivity index (χ4n) is 2.40. The third-order valence-corrected chi connectivity index (χ3v) is 3.54. The average molecular weight is 227 g/mol. The second kappa shape index (κ2) is 7.66. The zero-order valence-corrected chi connectivity index (χ0v) is 10.7. The Kier molecular flexibility index (Phi) is 6.46. The fraction of sp³-hybridized carbons (Fsp3) is 0.923. The van der Waals surface area contributed by atoms with Gasteiger partial charge in [0.05, 0.1) is 7.11 Å². The number of hydrogen-bond donors (Lipinski definition) is 0. The Bertz CT molecular complexity index is 196. The molecule has 3 nitrogen and oxygen atoms in total. The molecule has 1 aliphatic rings. The molecule has 1 saturated carbocycles. The highest BCUT2D eigenvalue weighted by Crippen LogP contribution is 2.22. The van der Waals surface area contributed by atoms with Gasteiger partial charge in [0.2, 0.25) is 5.91 Å². The maximum Gasteiger partial charge on any atom is 0.248 e. The Labute approximate surface area is 99.1 Å². The van der Waals surface area contributed by atoms with Gasteiger partial charge < -0.3 is 0 Å². The van der Waals surface area contributed by atoms with Gasteiger partial charge in [-0.2, -0.15) is 0 Å². The molecule has 94 valence electrons. The van der Waals surface area contributed by atoms with Crippen LogP contribution in [0.3, 0.4) is 0 Å². The molecule has 1 aliphatic carbocycles. The number of carbonyl (C=O) groups is 1. The second-order valence-electron chi connectivity index (χ2n) is 4.77. The summed E-state index contributed by atoms with van der Waals surface area (Å²) in [5.41, 5.74) is 0. The van der Waals surface area contributed by atoms with E-state index in [9.17, 15) is 4.79 Å². The minimum atomic E-state index is 0.156. The quantitative estimate of drug-likeness (QED) is 0.678. The lowest BCUT2D eigenvalue weighted by atomic mass is 9.91. The van der Waals surface area contributed by atoms with Gasteiger partial charge in [0.15, 0.2) is 0 Å². The third kappa shape index (κ3) is 4.52. The van der Waals surface area contributed by atoms with Gasteiger partial charge in [0.1, 0.15) is 0 Å². The Morgan fingerprint density at radius 3 is 1.88 bits per heavy atom. The smallest absolute Gasteiger partial charge is 0.248 e. The topological polar surface area (TPSA) is 29.5 Å². The molecule has 0 aliphatic heterocycles. The van der Waals surface area contributed by atoms with Gasteiger partial charge in [0.25, 0.3) is 0 Å². The summed E-state index contributed by atoms with van der Waals surface area (Å²) in [5.74, 6) is 0.339. The van der Waals surface area contributed by atoms with Crippen LogP contribution in [-0.4, -0.2) is 25.1 Å². The van der Waals surface area contributed by atoms with Crippen LogP contribution in [0.4, 0.5) is 0 Å². The highest BCUT2D eigenvalue weighted by Gasteiger charge is 2.21. The van der Waals surface area contributed by atoms with Crippen LogP contribution in [0.2, 0.25) is 0 Å². The number of carbonyl (C=O) groups excluding carboxylic acids is 1. The predicted octanol–water partition coefficient (Wildman–Crippen LogP) is 3.15. The predicted molar refractivity (Wildman–Crippen MR) is 64.8 cm³/mol. The molecule has 16 heavy (non-hydrogen) atoms. The van der Waals surface area contributed by atoms with E-state index in [0.29, 0.717) is 0 Å². The molecular formula is C13H25NO2. The van der Waals surface area contributed by atoms with Crippen LogP contribution in [0, 0.1) is 5.92 Å². The summed E-state index contributed by atoms with van der Waals surface area (Å²) in [6, 6.07) is 0. The minimum Gasteiger partial charge on any atom is -0.275 e. The molecule has 0 radical (unpaired) electrons. The molecule has 0 N–H and O–H groups in total. The third-order valence-electron chi connectivity index (χ3n) is 3.54. The van der Waals surface area contributed by atoms with E-state index in [1.165, 1.54) is 50.0 Å². The van der Waals surface area contributed by atoms with Gasteiger partial charge in [-0.3, -0.25) is 9.63 Å². The Hall–Kier alpha value is -0.570. The highest BCUT2D eigenvalue weighted by atomic mass is 16.7. The van der Waals surface area contributed by atoms with E-state index >= 15 is 0 Å². The summed E-state index contributed by atoms with van der Waals surface area (Å²) in [7, 11) is 3.26. The summed E-state index contributed by atoms with van der Waals surface area (Å²) >= 11 is 0. The van der Waals surface area contributed by atoms with Crippen molar-refractivity contribution in [1.29, 1.82) is 0 Å². The molecule has 0 spiro atoms. The number of nitrogens with zero attached hydrogens (tertiary/aromatic N) is 1. The Morgan fingerprint density at radius 2 is 1.44 bits per heavy atom. The van der Waals surface area contributed by atoms with Gasteiger partial charge in [-0.25, -0.2) is 5.06 Å². The fourth-order valence-corrected chi connectivity index (χ4v) is 2.40. The molecule has 3 heteroatoms. The number of rotatable bonds is 2. The van der Waals surface area contributed by atoms with Crippen LogP contribution in [-0.2, 0) is 9.63 Å². The van der Waals surface area contributed by atoms with Crippen LogP contribution in [0.15, 0.2) is 0 Å².